The second-order valence-electron chi connectivity index (χ2n) is 3.41. The summed E-state index contributed by atoms with van der Waals surface area (Å²) in [5.41, 5.74) is 0. The number of nitrogens with zero attached hydrogens (tertiary/aromatic N) is 1. The minimum atomic E-state index is 0.246. The Labute approximate surface area is 69.6 Å². The Balaban J connectivity index is 3.51. The number of hydrogen-bond donors (Lipinski definition) is 0. The molecule has 1 unspecified atom stereocenters. The predicted molar refractivity (Wildman–Crippen MR) is 47.6 cm³/mol. The lowest BCUT2D eigenvalue weighted by atomic mass is 10.1. The molecule has 0 aliphatic heterocycles. The molecule has 0 aromatic rings. The van der Waals surface area contributed by atoms with Crippen molar-refractivity contribution in [2.45, 2.75) is 27.2 Å². The quantitative estimate of drug-likeness (QED) is 0.603. The fraction of sp³-hybridized carbons (Fsp3) is 0.889. The predicted octanol–water partition coefficient (Wildman–Crippen LogP) is 1.55. The van der Waals surface area contributed by atoms with Gasteiger partial charge >= 0.3 is 0 Å². The summed E-state index contributed by atoms with van der Waals surface area (Å²) in [5.74, 6) is 0.940. The van der Waals surface area contributed by atoms with Gasteiger partial charge in [-0.25, -0.2) is 0 Å². The van der Waals surface area contributed by atoms with Crippen LogP contribution < -0.4 is 0 Å². The van der Waals surface area contributed by atoms with Crippen molar-refractivity contribution in [3.63, 3.8) is 0 Å². The van der Waals surface area contributed by atoms with E-state index in [0.29, 0.717) is 12.5 Å². The smallest absolute Gasteiger partial charge is 0.143 e. The summed E-state index contributed by atoms with van der Waals surface area (Å²) in [6, 6.07) is 0. The maximum absolute atomic E-state index is 10.7. The molecule has 0 fully saturated rings. The summed E-state index contributed by atoms with van der Waals surface area (Å²) in [6.45, 7) is 7.62. The zero-order chi connectivity index (χ0) is 8.85. The van der Waals surface area contributed by atoms with Gasteiger partial charge in [-0.15, -0.1) is 0 Å². The van der Waals surface area contributed by atoms with Crippen molar-refractivity contribution in [1.29, 1.82) is 0 Å². The highest BCUT2D eigenvalue weighted by Crippen LogP contribution is 2.01. The topological polar surface area (TPSA) is 20.3 Å². The van der Waals surface area contributed by atoms with E-state index in [0.717, 1.165) is 6.54 Å². The molecule has 0 aromatic heterocycles. The van der Waals surface area contributed by atoms with Crippen LogP contribution in [0.1, 0.15) is 27.2 Å². The van der Waals surface area contributed by atoms with Gasteiger partial charge in [0.25, 0.3) is 0 Å². The summed E-state index contributed by atoms with van der Waals surface area (Å²) >= 11 is 0. The van der Waals surface area contributed by atoms with E-state index in [-0.39, 0.29) is 5.78 Å². The minimum absolute atomic E-state index is 0.246. The van der Waals surface area contributed by atoms with Crippen LogP contribution in [-0.2, 0) is 4.79 Å². The van der Waals surface area contributed by atoms with Crippen molar-refractivity contribution in [3.8, 4) is 0 Å². The number of ketones is 1. The molecule has 0 aromatic carbocycles. The molecule has 2 nitrogen and oxygen atoms in total. The SMILES string of the molecule is CCC(C)CN(C)CC(C)=O. The van der Waals surface area contributed by atoms with Crippen LogP contribution in [0.25, 0.3) is 0 Å². The summed E-state index contributed by atoms with van der Waals surface area (Å²) in [4.78, 5) is 12.8. The molecule has 2 heteroatoms. The van der Waals surface area contributed by atoms with Gasteiger partial charge in [-0.05, 0) is 19.9 Å². The van der Waals surface area contributed by atoms with Crippen LogP contribution in [0.3, 0.4) is 0 Å². The standard InChI is InChI=1S/C9H19NO/c1-5-8(2)6-10(4)7-9(3)11/h8H,5-7H2,1-4H3. The van der Waals surface area contributed by atoms with Gasteiger partial charge in [-0.1, -0.05) is 20.3 Å². The molecule has 0 amide bonds. The fourth-order valence-electron chi connectivity index (χ4n) is 1.11. The van der Waals surface area contributed by atoms with Gasteiger partial charge in [0.1, 0.15) is 5.78 Å². The molecule has 0 heterocycles. The molecule has 0 aliphatic carbocycles. The first-order valence-electron chi connectivity index (χ1n) is 4.24. The Bertz CT molecular complexity index is 123. The number of carbonyl (C=O) groups excluding carboxylic acids is 1. The first kappa shape index (κ1) is 10.6. The first-order valence-corrected chi connectivity index (χ1v) is 4.24. The van der Waals surface area contributed by atoms with Gasteiger partial charge in [-0.2, -0.15) is 0 Å². The average molecular weight is 157 g/mol. The lowest BCUT2D eigenvalue weighted by Gasteiger charge is -2.18. The van der Waals surface area contributed by atoms with Crippen molar-refractivity contribution >= 4 is 5.78 Å². The van der Waals surface area contributed by atoms with E-state index in [2.05, 4.69) is 18.7 Å². The molecule has 0 bridgehead atoms. The number of carbonyl (C=O) groups is 1. The molecule has 66 valence electrons. The van der Waals surface area contributed by atoms with Crippen LogP contribution in [0.4, 0.5) is 0 Å². The summed E-state index contributed by atoms with van der Waals surface area (Å²) in [5, 5.41) is 0. The van der Waals surface area contributed by atoms with Crippen molar-refractivity contribution in [2.75, 3.05) is 20.1 Å². The zero-order valence-electron chi connectivity index (χ0n) is 8.05. The molecule has 0 spiro atoms. The minimum Gasteiger partial charge on any atom is -0.299 e. The molecule has 0 saturated carbocycles. The highest BCUT2D eigenvalue weighted by molar-refractivity contribution is 5.77. The van der Waals surface area contributed by atoms with E-state index in [1.807, 2.05) is 7.05 Å². The molecule has 0 radical (unpaired) electrons. The van der Waals surface area contributed by atoms with Gasteiger partial charge in [0, 0.05) is 6.54 Å². The lowest BCUT2D eigenvalue weighted by molar-refractivity contribution is -0.117. The Hall–Kier alpha value is -0.370. The highest BCUT2D eigenvalue weighted by atomic mass is 16.1. The largest absolute Gasteiger partial charge is 0.299 e. The Kier molecular flexibility index (Phi) is 5.12. The normalized spacial score (nSPS) is 13.5. The maximum atomic E-state index is 10.7. The Morgan fingerprint density at radius 3 is 2.45 bits per heavy atom. The molecular weight excluding hydrogens is 138 g/mol. The van der Waals surface area contributed by atoms with E-state index >= 15 is 0 Å². The van der Waals surface area contributed by atoms with Crippen LogP contribution in [0, 0.1) is 5.92 Å². The van der Waals surface area contributed by atoms with E-state index in [4.69, 9.17) is 0 Å². The average Bonchev–Trinajstić information content (AvgIpc) is 1.85. The molecule has 0 N–H and O–H groups in total. The second kappa shape index (κ2) is 5.30. The molecule has 0 saturated heterocycles. The number of rotatable bonds is 5. The van der Waals surface area contributed by atoms with E-state index < -0.39 is 0 Å². The van der Waals surface area contributed by atoms with Gasteiger partial charge in [0.05, 0.1) is 6.54 Å². The van der Waals surface area contributed by atoms with Crippen molar-refractivity contribution in [1.82, 2.24) is 4.90 Å². The van der Waals surface area contributed by atoms with Gasteiger partial charge in [-0.3, -0.25) is 9.69 Å². The molecule has 11 heavy (non-hydrogen) atoms. The zero-order valence-corrected chi connectivity index (χ0v) is 8.05. The summed E-state index contributed by atoms with van der Waals surface area (Å²) in [6.07, 6.45) is 1.18. The third kappa shape index (κ3) is 6.05. The number of likely N-dealkylation sites (N-methyl/N-ethyl adjacent to an activating group) is 1. The monoisotopic (exact) mass is 157 g/mol. The number of Topliss-reactive ketones (excluding diaryl/α,β-unsaturated/α-hetero) is 1. The van der Waals surface area contributed by atoms with Crippen LogP contribution in [0.5, 0.6) is 0 Å². The van der Waals surface area contributed by atoms with Crippen molar-refractivity contribution in [3.05, 3.63) is 0 Å². The second-order valence-corrected chi connectivity index (χ2v) is 3.41. The van der Waals surface area contributed by atoms with E-state index in [1.165, 1.54) is 6.42 Å². The molecule has 1 atom stereocenters. The van der Waals surface area contributed by atoms with Crippen LogP contribution in [0.15, 0.2) is 0 Å². The van der Waals surface area contributed by atoms with E-state index in [1.54, 1.807) is 6.92 Å². The van der Waals surface area contributed by atoms with Gasteiger partial charge in [0.15, 0.2) is 0 Å². The van der Waals surface area contributed by atoms with Crippen LogP contribution >= 0.6 is 0 Å². The van der Waals surface area contributed by atoms with Gasteiger partial charge < -0.3 is 0 Å². The van der Waals surface area contributed by atoms with Crippen molar-refractivity contribution < 1.29 is 4.79 Å². The highest BCUT2D eigenvalue weighted by Gasteiger charge is 2.05. The fourth-order valence-corrected chi connectivity index (χ4v) is 1.11. The lowest BCUT2D eigenvalue weighted by Crippen LogP contribution is -2.28. The molecular formula is C9H19NO. The van der Waals surface area contributed by atoms with Crippen LogP contribution in [-0.4, -0.2) is 30.8 Å². The molecule has 0 rings (SSSR count). The third-order valence-corrected chi connectivity index (χ3v) is 1.81. The third-order valence-electron chi connectivity index (χ3n) is 1.81. The summed E-state index contributed by atoms with van der Waals surface area (Å²) in [7, 11) is 1.99. The van der Waals surface area contributed by atoms with Crippen molar-refractivity contribution in [2.24, 2.45) is 5.92 Å². The Morgan fingerprint density at radius 1 is 1.55 bits per heavy atom. The maximum Gasteiger partial charge on any atom is 0.143 e. The number of hydrogen-bond acceptors (Lipinski definition) is 2. The van der Waals surface area contributed by atoms with Crippen LogP contribution in [0.2, 0.25) is 0 Å². The molecule has 0 aliphatic rings. The Morgan fingerprint density at radius 2 is 2.09 bits per heavy atom. The van der Waals surface area contributed by atoms with Gasteiger partial charge in [0.2, 0.25) is 0 Å². The van der Waals surface area contributed by atoms with E-state index in [9.17, 15) is 4.79 Å². The summed E-state index contributed by atoms with van der Waals surface area (Å²) < 4.78 is 0. The first-order chi connectivity index (χ1) is 5.06.